The lowest BCUT2D eigenvalue weighted by Crippen LogP contribution is -2.37. The highest BCUT2D eigenvalue weighted by Gasteiger charge is 2.17. The van der Waals surface area contributed by atoms with Gasteiger partial charge in [0.15, 0.2) is 6.10 Å². The Hall–Kier alpha value is -2.37. The largest absolute Gasteiger partial charge is 0.481 e. The van der Waals surface area contributed by atoms with Crippen molar-refractivity contribution in [2.75, 3.05) is 6.54 Å². The zero-order valence-corrected chi connectivity index (χ0v) is 15.0. The number of carbonyl (C=O) groups is 1. The van der Waals surface area contributed by atoms with Gasteiger partial charge >= 0.3 is 0 Å². The monoisotopic (exact) mass is 342 g/mol. The van der Waals surface area contributed by atoms with Crippen LogP contribution in [0.25, 0.3) is 0 Å². The third-order valence-corrected chi connectivity index (χ3v) is 4.51. The van der Waals surface area contributed by atoms with Gasteiger partial charge in [0.05, 0.1) is 0 Å². The van der Waals surface area contributed by atoms with Crippen molar-refractivity contribution in [2.24, 2.45) is 0 Å². The summed E-state index contributed by atoms with van der Waals surface area (Å²) in [7, 11) is 0. The van der Waals surface area contributed by atoms with E-state index in [1.807, 2.05) is 31.2 Å². The molecule has 0 saturated heterocycles. The molecule has 1 amide bonds. The highest BCUT2D eigenvalue weighted by Crippen LogP contribution is 2.15. The number of hydrogen-bond acceptors (Lipinski definition) is 4. The van der Waals surface area contributed by atoms with Crippen LogP contribution < -0.4 is 10.1 Å². The van der Waals surface area contributed by atoms with Gasteiger partial charge in [-0.3, -0.25) is 4.79 Å². The SMILES string of the molecule is Cc1cccc(OC(C)C(=O)NCCc2nnc3n2CCCCC3)c1. The second-order valence-corrected chi connectivity index (χ2v) is 6.61. The number of carbonyl (C=O) groups excluding carboxylic acids is 1. The van der Waals surface area contributed by atoms with Gasteiger partial charge in [-0.1, -0.05) is 18.6 Å². The van der Waals surface area contributed by atoms with Gasteiger partial charge in [-0.15, -0.1) is 10.2 Å². The quantitative estimate of drug-likeness (QED) is 0.875. The van der Waals surface area contributed by atoms with Crippen molar-refractivity contribution in [1.82, 2.24) is 20.1 Å². The van der Waals surface area contributed by atoms with Gasteiger partial charge in [0, 0.05) is 25.9 Å². The van der Waals surface area contributed by atoms with Crippen LogP contribution in [0.5, 0.6) is 5.75 Å². The highest BCUT2D eigenvalue weighted by molar-refractivity contribution is 5.80. The first-order chi connectivity index (χ1) is 12.1. The minimum Gasteiger partial charge on any atom is -0.481 e. The Morgan fingerprint density at radius 1 is 1.32 bits per heavy atom. The minimum atomic E-state index is -0.530. The van der Waals surface area contributed by atoms with Gasteiger partial charge in [-0.25, -0.2) is 0 Å². The molecule has 0 saturated carbocycles. The predicted molar refractivity (Wildman–Crippen MR) is 95.6 cm³/mol. The molecule has 1 aromatic heterocycles. The van der Waals surface area contributed by atoms with Gasteiger partial charge in [0.25, 0.3) is 5.91 Å². The van der Waals surface area contributed by atoms with E-state index >= 15 is 0 Å². The van der Waals surface area contributed by atoms with Crippen molar-refractivity contribution < 1.29 is 9.53 Å². The summed E-state index contributed by atoms with van der Waals surface area (Å²) < 4.78 is 7.92. The van der Waals surface area contributed by atoms with Gasteiger partial charge in [-0.05, 0) is 44.4 Å². The molecule has 25 heavy (non-hydrogen) atoms. The minimum absolute atomic E-state index is 0.114. The van der Waals surface area contributed by atoms with Crippen molar-refractivity contribution >= 4 is 5.91 Å². The number of nitrogens with one attached hydrogen (secondary N) is 1. The first-order valence-corrected chi connectivity index (χ1v) is 9.05. The molecule has 2 aromatic rings. The molecule has 134 valence electrons. The molecule has 1 aromatic carbocycles. The molecule has 0 spiro atoms. The molecule has 1 atom stereocenters. The maximum atomic E-state index is 12.2. The molecule has 6 nitrogen and oxygen atoms in total. The van der Waals surface area contributed by atoms with Crippen LogP contribution in [0.3, 0.4) is 0 Å². The summed E-state index contributed by atoms with van der Waals surface area (Å²) in [5, 5.41) is 11.5. The smallest absolute Gasteiger partial charge is 0.260 e. The molecular weight excluding hydrogens is 316 g/mol. The number of hydrogen-bond donors (Lipinski definition) is 1. The lowest BCUT2D eigenvalue weighted by Gasteiger charge is -2.15. The Balaban J connectivity index is 1.48. The summed E-state index contributed by atoms with van der Waals surface area (Å²) in [6.45, 7) is 5.29. The van der Waals surface area contributed by atoms with E-state index in [9.17, 15) is 4.79 Å². The Morgan fingerprint density at radius 2 is 2.20 bits per heavy atom. The number of aryl methyl sites for hydroxylation is 2. The van der Waals surface area contributed by atoms with E-state index < -0.39 is 6.10 Å². The van der Waals surface area contributed by atoms with Gasteiger partial charge in [0.1, 0.15) is 17.4 Å². The lowest BCUT2D eigenvalue weighted by atomic mass is 10.2. The van der Waals surface area contributed by atoms with Crippen molar-refractivity contribution in [3.63, 3.8) is 0 Å². The molecule has 0 fully saturated rings. The molecule has 0 aliphatic carbocycles. The fourth-order valence-electron chi connectivity index (χ4n) is 3.12. The Kier molecular flexibility index (Phi) is 5.68. The van der Waals surface area contributed by atoms with E-state index in [0.29, 0.717) is 18.7 Å². The van der Waals surface area contributed by atoms with E-state index in [1.54, 1.807) is 6.92 Å². The highest BCUT2D eigenvalue weighted by atomic mass is 16.5. The molecule has 2 heterocycles. The number of nitrogens with zero attached hydrogens (tertiary/aromatic N) is 3. The molecular formula is C19H26N4O2. The van der Waals surface area contributed by atoms with Gasteiger partial charge in [-0.2, -0.15) is 0 Å². The zero-order chi connectivity index (χ0) is 17.6. The van der Waals surface area contributed by atoms with Gasteiger partial charge < -0.3 is 14.6 Å². The van der Waals surface area contributed by atoms with Crippen LogP contribution >= 0.6 is 0 Å². The number of rotatable bonds is 6. The van der Waals surface area contributed by atoms with Crippen LogP contribution in [0.2, 0.25) is 0 Å². The first-order valence-electron chi connectivity index (χ1n) is 9.05. The average Bonchev–Trinajstić information content (AvgIpc) is 2.82. The maximum Gasteiger partial charge on any atom is 0.260 e. The van der Waals surface area contributed by atoms with Crippen LogP contribution in [-0.2, 0) is 24.2 Å². The van der Waals surface area contributed by atoms with Gasteiger partial charge in [0.2, 0.25) is 0 Å². The fourth-order valence-corrected chi connectivity index (χ4v) is 3.12. The third-order valence-electron chi connectivity index (χ3n) is 4.51. The molecule has 1 unspecified atom stereocenters. The molecule has 3 rings (SSSR count). The van der Waals surface area contributed by atoms with E-state index in [2.05, 4.69) is 20.1 Å². The first kappa shape index (κ1) is 17.5. The van der Waals surface area contributed by atoms with E-state index in [4.69, 9.17) is 4.74 Å². The van der Waals surface area contributed by atoms with Crippen LogP contribution in [-0.4, -0.2) is 33.3 Å². The summed E-state index contributed by atoms with van der Waals surface area (Å²) >= 11 is 0. The second-order valence-electron chi connectivity index (χ2n) is 6.61. The summed E-state index contributed by atoms with van der Waals surface area (Å²) in [6.07, 6.45) is 4.76. The molecule has 0 radical (unpaired) electrons. The third kappa shape index (κ3) is 4.59. The fraction of sp³-hybridized carbons (Fsp3) is 0.526. The standard InChI is InChI=1S/C19H26N4O2/c1-14-7-6-8-16(13-14)25-15(2)19(24)20-11-10-18-22-21-17-9-4-3-5-12-23(17)18/h6-8,13,15H,3-5,9-12H2,1-2H3,(H,20,24). The summed E-state index contributed by atoms with van der Waals surface area (Å²) in [6, 6.07) is 7.71. The van der Waals surface area contributed by atoms with Crippen LogP contribution in [0, 0.1) is 6.92 Å². The number of benzene rings is 1. The summed E-state index contributed by atoms with van der Waals surface area (Å²) in [4.78, 5) is 12.2. The second kappa shape index (κ2) is 8.14. The number of aromatic nitrogens is 3. The van der Waals surface area contributed by atoms with E-state index in [1.165, 1.54) is 19.3 Å². The van der Waals surface area contributed by atoms with E-state index in [-0.39, 0.29) is 5.91 Å². The van der Waals surface area contributed by atoms with Crippen LogP contribution in [0.1, 0.15) is 43.4 Å². The number of fused-ring (bicyclic) bond motifs is 1. The topological polar surface area (TPSA) is 69.0 Å². The van der Waals surface area contributed by atoms with Crippen LogP contribution in [0.4, 0.5) is 0 Å². The van der Waals surface area contributed by atoms with E-state index in [0.717, 1.165) is 30.2 Å². The normalized spacial score (nSPS) is 15.1. The number of ether oxygens (including phenoxy) is 1. The lowest BCUT2D eigenvalue weighted by molar-refractivity contribution is -0.127. The number of amides is 1. The predicted octanol–water partition coefficient (Wildman–Crippen LogP) is 2.44. The van der Waals surface area contributed by atoms with Crippen molar-refractivity contribution in [1.29, 1.82) is 0 Å². The molecule has 6 heteroatoms. The molecule has 0 bridgehead atoms. The van der Waals surface area contributed by atoms with Crippen LogP contribution in [0.15, 0.2) is 24.3 Å². The Bertz CT molecular complexity index is 726. The molecule has 1 aliphatic rings. The van der Waals surface area contributed by atoms with Crippen molar-refractivity contribution in [3.8, 4) is 5.75 Å². The Labute approximate surface area is 148 Å². The summed E-state index contributed by atoms with van der Waals surface area (Å²) in [5.41, 5.74) is 1.11. The van der Waals surface area contributed by atoms with Crippen molar-refractivity contribution in [3.05, 3.63) is 41.5 Å². The summed E-state index contributed by atoms with van der Waals surface area (Å²) in [5.74, 6) is 2.64. The van der Waals surface area contributed by atoms with Crippen molar-refractivity contribution in [2.45, 2.75) is 58.6 Å². The zero-order valence-electron chi connectivity index (χ0n) is 15.0. The Morgan fingerprint density at radius 3 is 3.04 bits per heavy atom. The maximum absolute atomic E-state index is 12.2. The molecule has 1 aliphatic heterocycles. The molecule has 1 N–H and O–H groups in total. The average molecular weight is 342 g/mol.